The van der Waals surface area contributed by atoms with Crippen molar-refractivity contribution in [2.75, 3.05) is 5.32 Å². The van der Waals surface area contributed by atoms with Crippen LogP contribution in [-0.2, 0) is 11.4 Å². The highest BCUT2D eigenvalue weighted by atomic mass is 35.5. The minimum Gasteiger partial charge on any atom is -0.392 e. The number of pyridine rings is 1. The van der Waals surface area contributed by atoms with E-state index in [1.165, 1.54) is 12.3 Å². The van der Waals surface area contributed by atoms with E-state index in [4.69, 9.17) is 23.2 Å². The number of aromatic nitrogens is 1. The Kier molecular flexibility index (Phi) is 5.33. The van der Waals surface area contributed by atoms with E-state index in [0.717, 1.165) is 0 Å². The van der Waals surface area contributed by atoms with Crippen molar-refractivity contribution < 1.29 is 9.90 Å². The Morgan fingerprint density at radius 2 is 2.14 bits per heavy atom. The molecule has 2 aromatic rings. The number of nitrogens with zero attached hydrogens (tertiary/aromatic N) is 1. The molecule has 4 nitrogen and oxygen atoms in total. The number of halogens is 2. The van der Waals surface area contributed by atoms with Crippen LogP contribution in [0.25, 0.3) is 6.08 Å². The summed E-state index contributed by atoms with van der Waals surface area (Å²) in [6.45, 7) is -0.179. The van der Waals surface area contributed by atoms with E-state index < -0.39 is 0 Å². The number of benzene rings is 1. The lowest BCUT2D eigenvalue weighted by molar-refractivity contribution is -0.111. The first-order chi connectivity index (χ1) is 10.1. The van der Waals surface area contributed by atoms with Crippen LogP contribution in [0.5, 0.6) is 0 Å². The summed E-state index contributed by atoms with van der Waals surface area (Å²) < 4.78 is 0. The first-order valence-corrected chi connectivity index (χ1v) is 6.83. The fourth-order valence-corrected chi connectivity index (χ4v) is 2.02. The zero-order chi connectivity index (χ0) is 15.2. The predicted molar refractivity (Wildman–Crippen MR) is 84.3 cm³/mol. The topological polar surface area (TPSA) is 62.2 Å². The van der Waals surface area contributed by atoms with Gasteiger partial charge in [0.25, 0.3) is 0 Å². The molecule has 2 N–H and O–H groups in total. The van der Waals surface area contributed by atoms with Crippen LogP contribution in [0.3, 0.4) is 0 Å². The first kappa shape index (κ1) is 15.5. The normalized spacial score (nSPS) is 10.8. The largest absolute Gasteiger partial charge is 0.392 e. The molecule has 0 aliphatic carbocycles. The zero-order valence-corrected chi connectivity index (χ0v) is 12.4. The number of nitrogens with one attached hydrogen (secondary N) is 1. The molecule has 1 aromatic heterocycles. The third-order valence-corrected chi connectivity index (χ3v) is 3.29. The van der Waals surface area contributed by atoms with Crippen LogP contribution in [0.1, 0.15) is 11.1 Å². The lowest BCUT2D eigenvalue weighted by atomic mass is 10.2. The van der Waals surface area contributed by atoms with Crippen LogP contribution in [0, 0.1) is 0 Å². The average Bonchev–Trinajstić information content (AvgIpc) is 2.49. The van der Waals surface area contributed by atoms with Crippen molar-refractivity contribution in [3.63, 3.8) is 0 Å². The summed E-state index contributed by atoms with van der Waals surface area (Å²) in [5, 5.41) is 12.9. The predicted octanol–water partition coefficient (Wildman–Crippen LogP) is 3.53. The molecule has 0 atom stereocenters. The van der Waals surface area contributed by atoms with Crippen LogP contribution >= 0.6 is 23.2 Å². The van der Waals surface area contributed by atoms with E-state index in [2.05, 4.69) is 10.3 Å². The van der Waals surface area contributed by atoms with Gasteiger partial charge in [0.05, 0.1) is 18.5 Å². The van der Waals surface area contributed by atoms with E-state index >= 15 is 0 Å². The van der Waals surface area contributed by atoms with Crippen molar-refractivity contribution in [1.82, 2.24) is 4.98 Å². The minimum atomic E-state index is -0.353. The summed E-state index contributed by atoms with van der Waals surface area (Å²) in [5.74, 6) is -0.353. The molecule has 1 heterocycles. The summed E-state index contributed by atoms with van der Waals surface area (Å²) in [6.07, 6.45) is 5.93. The lowest BCUT2D eigenvalue weighted by Crippen LogP contribution is -2.10. The maximum atomic E-state index is 11.9. The van der Waals surface area contributed by atoms with Crippen molar-refractivity contribution in [2.45, 2.75) is 6.61 Å². The number of hydrogen-bond donors (Lipinski definition) is 2. The third-order valence-electron chi connectivity index (χ3n) is 2.71. The molecule has 108 valence electrons. The monoisotopic (exact) mass is 322 g/mol. The van der Waals surface area contributed by atoms with Crippen molar-refractivity contribution in [1.29, 1.82) is 0 Å². The fraction of sp³-hybridized carbons (Fsp3) is 0.0667. The van der Waals surface area contributed by atoms with Crippen molar-refractivity contribution in [3.8, 4) is 0 Å². The van der Waals surface area contributed by atoms with Gasteiger partial charge in [-0.05, 0) is 35.9 Å². The maximum absolute atomic E-state index is 11.9. The quantitative estimate of drug-likeness (QED) is 0.846. The molecule has 1 aromatic carbocycles. The van der Waals surface area contributed by atoms with Gasteiger partial charge in [0, 0.05) is 27.9 Å². The highest BCUT2D eigenvalue weighted by Crippen LogP contribution is 2.22. The van der Waals surface area contributed by atoms with Crippen LogP contribution in [0.4, 0.5) is 5.69 Å². The number of anilines is 1. The number of rotatable bonds is 4. The van der Waals surface area contributed by atoms with Gasteiger partial charge in [0.1, 0.15) is 0 Å². The molecule has 0 aliphatic rings. The Morgan fingerprint density at radius 1 is 1.33 bits per heavy atom. The molecule has 21 heavy (non-hydrogen) atoms. The SMILES string of the molecule is O=C(/C=C/c1cc(Cl)ccc1Cl)Nc1cnccc1CO. The number of carbonyl (C=O) groups is 1. The van der Waals surface area contributed by atoms with Crippen molar-refractivity contribution in [2.24, 2.45) is 0 Å². The summed E-state index contributed by atoms with van der Waals surface area (Å²) in [7, 11) is 0. The van der Waals surface area contributed by atoms with E-state index in [0.29, 0.717) is 26.9 Å². The lowest BCUT2D eigenvalue weighted by Gasteiger charge is -2.06. The van der Waals surface area contributed by atoms with Gasteiger partial charge >= 0.3 is 0 Å². The van der Waals surface area contributed by atoms with Gasteiger partial charge in [0.15, 0.2) is 0 Å². The molecule has 0 saturated heterocycles. The zero-order valence-electron chi connectivity index (χ0n) is 10.9. The summed E-state index contributed by atoms with van der Waals surface area (Å²) in [4.78, 5) is 15.8. The molecule has 0 unspecified atom stereocenters. The van der Waals surface area contributed by atoms with Gasteiger partial charge in [-0.25, -0.2) is 0 Å². The molecule has 0 bridgehead atoms. The van der Waals surface area contributed by atoms with Crippen LogP contribution < -0.4 is 5.32 Å². The molecule has 1 amide bonds. The molecule has 0 aliphatic heterocycles. The van der Waals surface area contributed by atoms with Crippen LogP contribution in [-0.4, -0.2) is 16.0 Å². The smallest absolute Gasteiger partial charge is 0.248 e. The Morgan fingerprint density at radius 3 is 2.90 bits per heavy atom. The molecule has 0 saturated carbocycles. The van der Waals surface area contributed by atoms with Gasteiger partial charge in [0.2, 0.25) is 5.91 Å². The number of aliphatic hydroxyl groups is 1. The molecular weight excluding hydrogens is 311 g/mol. The number of carbonyl (C=O) groups excluding carboxylic acids is 1. The molecule has 0 fully saturated rings. The molecule has 2 rings (SSSR count). The second-order valence-corrected chi connectivity index (χ2v) is 5.02. The Bertz CT molecular complexity index is 687. The summed E-state index contributed by atoms with van der Waals surface area (Å²) in [5.41, 5.74) is 1.70. The number of amides is 1. The van der Waals surface area contributed by atoms with Crippen molar-refractivity contribution in [3.05, 3.63) is 63.9 Å². The van der Waals surface area contributed by atoms with Gasteiger partial charge in [-0.3, -0.25) is 9.78 Å². The van der Waals surface area contributed by atoms with Crippen LogP contribution in [0.15, 0.2) is 42.7 Å². The summed E-state index contributed by atoms with van der Waals surface area (Å²) in [6, 6.07) is 6.63. The van der Waals surface area contributed by atoms with Gasteiger partial charge < -0.3 is 10.4 Å². The Hall–Kier alpha value is -1.88. The van der Waals surface area contributed by atoms with Gasteiger partial charge in [-0.1, -0.05) is 23.2 Å². The molecular formula is C15H12Cl2N2O2. The number of hydrogen-bond acceptors (Lipinski definition) is 3. The Labute approximate surface area is 132 Å². The van der Waals surface area contributed by atoms with Gasteiger partial charge in [-0.15, -0.1) is 0 Å². The van der Waals surface area contributed by atoms with E-state index in [1.807, 2.05) is 0 Å². The molecule has 0 spiro atoms. The van der Waals surface area contributed by atoms with Crippen LogP contribution in [0.2, 0.25) is 10.0 Å². The second-order valence-electron chi connectivity index (χ2n) is 4.18. The first-order valence-electron chi connectivity index (χ1n) is 6.08. The average molecular weight is 323 g/mol. The standard InChI is InChI=1S/C15H12Cl2N2O2/c16-12-2-3-13(17)10(7-12)1-4-15(21)19-14-8-18-6-5-11(14)9-20/h1-8,20H,9H2,(H,19,21)/b4-1+. The second kappa shape index (κ2) is 7.22. The van der Waals surface area contributed by atoms with E-state index in [9.17, 15) is 9.90 Å². The molecule has 0 radical (unpaired) electrons. The van der Waals surface area contributed by atoms with Crippen molar-refractivity contribution >= 4 is 40.9 Å². The third kappa shape index (κ3) is 4.29. The van der Waals surface area contributed by atoms with E-state index in [-0.39, 0.29) is 12.5 Å². The van der Waals surface area contributed by atoms with E-state index in [1.54, 1.807) is 36.5 Å². The maximum Gasteiger partial charge on any atom is 0.248 e. The highest BCUT2D eigenvalue weighted by Gasteiger charge is 2.04. The summed E-state index contributed by atoms with van der Waals surface area (Å²) >= 11 is 11.9. The van der Waals surface area contributed by atoms with Gasteiger partial charge in [-0.2, -0.15) is 0 Å². The fourth-order valence-electron chi connectivity index (χ4n) is 1.66. The Balaban J connectivity index is 2.11. The minimum absolute atomic E-state index is 0.179. The number of aliphatic hydroxyl groups excluding tert-OH is 1. The highest BCUT2D eigenvalue weighted by molar-refractivity contribution is 6.34. The molecule has 6 heteroatoms.